The molecular formula is C24H48NO+. The van der Waals surface area contributed by atoms with Gasteiger partial charge in [-0.05, 0) is 25.3 Å². The van der Waals surface area contributed by atoms with Crippen molar-refractivity contribution < 1.29 is 9.28 Å². The number of nitrogens with zero attached hydrogens (tertiary/aromatic N) is 1. The first-order valence-electron chi connectivity index (χ1n) is 11.4. The maximum atomic E-state index is 11.7. The first-order chi connectivity index (χ1) is 12.4. The number of unbranched alkanes of at least 4 members (excludes halogenated alkanes) is 13. The number of Topliss-reactive ketones (excluding diaryl/α,β-unsaturated/α-hetero) is 1. The lowest BCUT2D eigenvalue weighted by atomic mass is 10.0. The molecule has 0 N–H and O–H groups in total. The van der Waals surface area contributed by atoms with Crippen molar-refractivity contribution in [3.05, 3.63) is 12.2 Å². The van der Waals surface area contributed by atoms with Crippen molar-refractivity contribution in [2.75, 3.05) is 27.2 Å². The first-order valence-corrected chi connectivity index (χ1v) is 11.4. The highest BCUT2D eigenvalue weighted by Crippen LogP contribution is 2.13. The van der Waals surface area contributed by atoms with E-state index >= 15 is 0 Å². The Morgan fingerprint density at radius 1 is 0.692 bits per heavy atom. The first kappa shape index (κ1) is 25.4. The molecule has 0 aromatic heterocycles. The Hall–Kier alpha value is -0.630. The van der Waals surface area contributed by atoms with Crippen molar-refractivity contribution in [1.29, 1.82) is 0 Å². The smallest absolute Gasteiger partial charge is 0.163 e. The monoisotopic (exact) mass is 366 g/mol. The van der Waals surface area contributed by atoms with Gasteiger partial charge < -0.3 is 4.48 Å². The average Bonchev–Trinajstić information content (AvgIpc) is 2.60. The van der Waals surface area contributed by atoms with E-state index in [1.807, 2.05) is 6.92 Å². The van der Waals surface area contributed by atoms with Gasteiger partial charge in [0.15, 0.2) is 5.78 Å². The second-order valence-electron chi connectivity index (χ2n) is 8.93. The molecule has 0 bridgehead atoms. The fourth-order valence-corrected chi connectivity index (χ4v) is 3.46. The fourth-order valence-electron chi connectivity index (χ4n) is 3.46. The largest absolute Gasteiger partial charge is 0.328 e. The van der Waals surface area contributed by atoms with Crippen molar-refractivity contribution in [2.24, 2.45) is 0 Å². The fraction of sp³-hybridized carbons (Fsp3) is 0.875. The summed E-state index contributed by atoms with van der Waals surface area (Å²) < 4.78 is 0.956. The molecule has 0 aliphatic carbocycles. The van der Waals surface area contributed by atoms with E-state index in [1.54, 1.807) is 0 Å². The lowest BCUT2D eigenvalue weighted by Gasteiger charge is -2.29. The number of rotatable bonds is 19. The zero-order chi connectivity index (χ0) is 19.7. The number of quaternary nitrogens is 1. The van der Waals surface area contributed by atoms with Crippen LogP contribution in [0.5, 0.6) is 0 Å². The Balaban J connectivity index is 3.37. The van der Waals surface area contributed by atoms with Crippen LogP contribution in [0.4, 0.5) is 0 Å². The molecule has 0 fully saturated rings. The minimum absolute atomic E-state index is 0.220. The van der Waals surface area contributed by atoms with E-state index in [0.717, 1.165) is 11.0 Å². The van der Waals surface area contributed by atoms with E-state index in [-0.39, 0.29) is 5.78 Å². The van der Waals surface area contributed by atoms with Crippen molar-refractivity contribution in [3.8, 4) is 0 Å². The highest BCUT2D eigenvalue weighted by atomic mass is 16.1. The SMILES string of the molecule is C=C(C)C(=O)CC[N+](C)(C)CCCCCCCCCCCCCCCC. The molecule has 26 heavy (non-hydrogen) atoms. The van der Waals surface area contributed by atoms with Crippen LogP contribution in [-0.2, 0) is 4.79 Å². The summed E-state index contributed by atoms with van der Waals surface area (Å²) in [5, 5.41) is 0. The summed E-state index contributed by atoms with van der Waals surface area (Å²) in [5.74, 6) is 0.220. The molecule has 0 atom stereocenters. The van der Waals surface area contributed by atoms with Gasteiger partial charge >= 0.3 is 0 Å². The van der Waals surface area contributed by atoms with Crippen LogP contribution in [0.2, 0.25) is 0 Å². The molecule has 0 aromatic carbocycles. The summed E-state index contributed by atoms with van der Waals surface area (Å²) in [7, 11) is 4.49. The highest BCUT2D eigenvalue weighted by Gasteiger charge is 2.16. The van der Waals surface area contributed by atoms with Crippen molar-refractivity contribution in [3.63, 3.8) is 0 Å². The molecule has 0 aliphatic heterocycles. The van der Waals surface area contributed by atoms with E-state index in [4.69, 9.17) is 0 Å². The summed E-state index contributed by atoms with van der Waals surface area (Å²) in [4.78, 5) is 11.7. The molecule has 0 heterocycles. The third-order valence-electron chi connectivity index (χ3n) is 5.54. The van der Waals surface area contributed by atoms with Crippen molar-refractivity contribution in [1.82, 2.24) is 0 Å². The molecule has 154 valence electrons. The highest BCUT2D eigenvalue weighted by molar-refractivity contribution is 5.94. The predicted octanol–water partition coefficient (Wildman–Crippen LogP) is 7.08. The molecule has 0 aliphatic rings. The quantitative estimate of drug-likeness (QED) is 0.136. The van der Waals surface area contributed by atoms with E-state index < -0.39 is 0 Å². The van der Waals surface area contributed by atoms with Gasteiger partial charge in [-0.1, -0.05) is 90.6 Å². The summed E-state index contributed by atoms with van der Waals surface area (Å²) in [6, 6.07) is 0. The van der Waals surface area contributed by atoms with Crippen LogP contribution in [0.1, 0.15) is 110 Å². The molecular weight excluding hydrogens is 318 g/mol. The lowest BCUT2D eigenvalue weighted by molar-refractivity contribution is -0.889. The minimum Gasteiger partial charge on any atom is -0.328 e. The van der Waals surface area contributed by atoms with Crippen molar-refractivity contribution in [2.45, 2.75) is 110 Å². The number of carbonyl (C=O) groups is 1. The number of allylic oxidation sites excluding steroid dienone is 1. The average molecular weight is 367 g/mol. The van der Waals surface area contributed by atoms with Gasteiger partial charge in [0.05, 0.1) is 33.6 Å². The number of hydrogen-bond acceptors (Lipinski definition) is 1. The molecule has 0 amide bonds. The molecule has 2 heteroatoms. The third kappa shape index (κ3) is 16.8. The summed E-state index contributed by atoms with van der Waals surface area (Å²) in [6.07, 6.45) is 20.3. The van der Waals surface area contributed by atoms with Gasteiger partial charge in [0.1, 0.15) is 0 Å². The van der Waals surface area contributed by atoms with Crippen LogP contribution in [0.3, 0.4) is 0 Å². The maximum absolute atomic E-state index is 11.7. The Labute approximate surface area is 165 Å². The normalized spacial score (nSPS) is 11.7. The van der Waals surface area contributed by atoms with Gasteiger partial charge in [-0.3, -0.25) is 4.79 Å². The molecule has 0 aromatic rings. The van der Waals surface area contributed by atoms with Crippen molar-refractivity contribution >= 4 is 5.78 Å². The zero-order valence-electron chi connectivity index (χ0n) is 18.6. The van der Waals surface area contributed by atoms with E-state index in [2.05, 4.69) is 27.6 Å². The van der Waals surface area contributed by atoms with Crippen LogP contribution < -0.4 is 0 Å². The Kier molecular flexibility index (Phi) is 16.1. The topological polar surface area (TPSA) is 17.1 Å². The van der Waals surface area contributed by atoms with E-state index in [0.29, 0.717) is 12.0 Å². The van der Waals surface area contributed by atoms with Crippen LogP contribution in [0.15, 0.2) is 12.2 Å². The van der Waals surface area contributed by atoms with Crippen LogP contribution in [0.25, 0.3) is 0 Å². The molecule has 0 saturated carbocycles. The molecule has 0 unspecified atom stereocenters. The van der Waals surface area contributed by atoms with Gasteiger partial charge in [0, 0.05) is 0 Å². The lowest BCUT2D eigenvalue weighted by Crippen LogP contribution is -2.42. The van der Waals surface area contributed by atoms with Gasteiger partial charge in [-0.15, -0.1) is 0 Å². The van der Waals surface area contributed by atoms with Gasteiger partial charge in [-0.2, -0.15) is 0 Å². The van der Waals surface area contributed by atoms with Gasteiger partial charge in [-0.25, -0.2) is 0 Å². The molecule has 0 saturated heterocycles. The number of hydrogen-bond donors (Lipinski definition) is 0. The summed E-state index contributed by atoms with van der Waals surface area (Å²) >= 11 is 0. The van der Waals surface area contributed by atoms with Crippen LogP contribution in [0, 0.1) is 0 Å². The van der Waals surface area contributed by atoms with Crippen LogP contribution >= 0.6 is 0 Å². The van der Waals surface area contributed by atoms with Crippen LogP contribution in [-0.4, -0.2) is 37.5 Å². The van der Waals surface area contributed by atoms with Gasteiger partial charge in [0.2, 0.25) is 0 Å². The van der Waals surface area contributed by atoms with E-state index in [1.165, 1.54) is 96.4 Å². The molecule has 2 nitrogen and oxygen atoms in total. The van der Waals surface area contributed by atoms with Gasteiger partial charge in [0.25, 0.3) is 0 Å². The van der Waals surface area contributed by atoms with E-state index in [9.17, 15) is 4.79 Å². The maximum Gasteiger partial charge on any atom is 0.163 e. The summed E-state index contributed by atoms with van der Waals surface area (Å²) in [6.45, 7) is 9.96. The molecule has 0 radical (unpaired) electrons. The second kappa shape index (κ2) is 16.5. The standard InChI is InChI=1S/C24H48NO/c1-6-7-8-9-10-11-12-13-14-15-16-17-18-19-21-25(4,5)22-20-24(26)23(2)3/h2,6-22H2,1,3-5H3/q+1. The Morgan fingerprint density at radius 2 is 1.08 bits per heavy atom. The minimum atomic E-state index is 0.220. The Morgan fingerprint density at radius 3 is 1.46 bits per heavy atom. The second-order valence-corrected chi connectivity index (χ2v) is 8.93. The molecule has 0 spiro atoms. The number of carbonyl (C=O) groups excluding carboxylic acids is 1. The predicted molar refractivity (Wildman–Crippen MR) is 117 cm³/mol. The third-order valence-corrected chi connectivity index (χ3v) is 5.54. The zero-order valence-corrected chi connectivity index (χ0v) is 18.6. The summed E-state index contributed by atoms with van der Waals surface area (Å²) in [5.41, 5.74) is 0.696. The Bertz CT molecular complexity index is 359. The number of ketones is 1. The molecule has 0 rings (SSSR count).